The molecule has 0 aliphatic heterocycles. The number of aliphatic hydroxyl groups is 1. The molecule has 0 radical (unpaired) electrons. The summed E-state index contributed by atoms with van der Waals surface area (Å²) in [4.78, 5) is 14.1. The summed E-state index contributed by atoms with van der Waals surface area (Å²) in [6, 6.07) is 2.00. The normalized spacial score (nSPS) is 12.4. The van der Waals surface area contributed by atoms with Crippen LogP contribution in [0.4, 0.5) is 0 Å². The van der Waals surface area contributed by atoms with Gasteiger partial charge in [-0.2, -0.15) is 0 Å². The lowest BCUT2D eigenvalue weighted by atomic mass is 10.0. The maximum atomic E-state index is 12.1. The van der Waals surface area contributed by atoms with E-state index in [2.05, 4.69) is 26.1 Å². The molecule has 1 amide bonds. The third-order valence-corrected chi connectivity index (χ3v) is 4.50. The average molecular weight is 283 g/mol. The Morgan fingerprint density at radius 2 is 2.16 bits per heavy atom. The van der Waals surface area contributed by atoms with Gasteiger partial charge in [-0.15, -0.1) is 11.3 Å². The summed E-state index contributed by atoms with van der Waals surface area (Å²) in [7, 11) is 0. The summed E-state index contributed by atoms with van der Waals surface area (Å²) >= 11 is 1.56. The summed E-state index contributed by atoms with van der Waals surface area (Å²) in [5.74, 6) is 0.400. The average Bonchev–Trinajstić information content (AvgIpc) is 2.77. The van der Waals surface area contributed by atoms with Gasteiger partial charge in [0.2, 0.25) is 0 Å². The molecule has 0 aliphatic carbocycles. The van der Waals surface area contributed by atoms with Gasteiger partial charge in [0.1, 0.15) is 0 Å². The van der Waals surface area contributed by atoms with Crippen LogP contribution in [0.3, 0.4) is 0 Å². The van der Waals surface area contributed by atoms with Crippen molar-refractivity contribution >= 4 is 17.2 Å². The molecule has 1 unspecified atom stereocenters. The molecule has 1 atom stereocenters. The van der Waals surface area contributed by atoms with E-state index in [0.717, 1.165) is 30.6 Å². The molecule has 0 aromatic carbocycles. The molecular weight excluding hydrogens is 258 g/mol. The summed E-state index contributed by atoms with van der Waals surface area (Å²) in [6.07, 6.45) is 3.86. The van der Waals surface area contributed by atoms with E-state index in [1.807, 2.05) is 6.07 Å². The number of hydrogen-bond acceptors (Lipinski definition) is 3. The smallest absolute Gasteiger partial charge is 0.261 e. The molecular formula is C15H25NO2S. The number of carbonyl (C=O) groups is 1. The van der Waals surface area contributed by atoms with E-state index in [0.29, 0.717) is 12.5 Å². The quantitative estimate of drug-likeness (QED) is 0.770. The highest BCUT2D eigenvalue weighted by molar-refractivity contribution is 7.14. The number of rotatable bonds is 8. The van der Waals surface area contributed by atoms with Crippen molar-refractivity contribution in [2.45, 2.75) is 46.5 Å². The second-order valence-corrected chi connectivity index (χ2v) is 6.18. The zero-order chi connectivity index (χ0) is 14.3. The van der Waals surface area contributed by atoms with E-state index in [-0.39, 0.29) is 12.5 Å². The van der Waals surface area contributed by atoms with Crippen molar-refractivity contribution in [2.24, 2.45) is 5.92 Å². The van der Waals surface area contributed by atoms with Gasteiger partial charge >= 0.3 is 0 Å². The SMILES string of the molecule is CCCC(CCO)CNC(=O)c1cc(CC)c(C)s1. The van der Waals surface area contributed by atoms with Gasteiger partial charge in [-0.25, -0.2) is 0 Å². The first-order valence-electron chi connectivity index (χ1n) is 7.10. The first-order chi connectivity index (χ1) is 9.12. The number of hydrogen-bond donors (Lipinski definition) is 2. The van der Waals surface area contributed by atoms with Crippen LogP contribution in [0.2, 0.25) is 0 Å². The van der Waals surface area contributed by atoms with Crippen molar-refractivity contribution in [3.63, 3.8) is 0 Å². The second kappa shape index (κ2) is 8.33. The predicted molar refractivity (Wildman–Crippen MR) is 80.9 cm³/mol. The van der Waals surface area contributed by atoms with E-state index >= 15 is 0 Å². The standard InChI is InChI=1S/C15H25NO2S/c1-4-6-12(7-8-17)10-16-15(18)14-9-13(5-2)11(3)19-14/h9,12,17H,4-8,10H2,1-3H3,(H,16,18). The Kier molecular flexibility index (Phi) is 7.10. The third-order valence-electron chi connectivity index (χ3n) is 3.41. The Balaban J connectivity index is 2.53. The zero-order valence-corrected chi connectivity index (χ0v) is 13.0. The molecule has 0 fully saturated rings. The largest absolute Gasteiger partial charge is 0.396 e. The van der Waals surface area contributed by atoms with E-state index in [9.17, 15) is 4.79 Å². The number of amides is 1. The molecule has 4 heteroatoms. The molecule has 3 nitrogen and oxygen atoms in total. The lowest BCUT2D eigenvalue weighted by Crippen LogP contribution is -2.29. The van der Waals surface area contributed by atoms with Crippen LogP contribution < -0.4 is 5.32 Å². The lowest BCUT2D eigenvalue weighted by molar-refractivity contribution is 0.0947. The second-order valence-electron chi connectivity index (χ2n) is 4.92. The third kappa shape index (κ3) is 4.96. The summed E-state index contributed by atoms with van der Waals surface area (Å²) in [5, 5.41) is 12.0. The summed E-state index contributed by atoms with van der Waals surface area (Å²) in [5.41, 5.74) is 1.26. The van der Waals surface area contributed by atoms with E-state index in [1.165, 1.54) is 10.4 Å². The fraction of sp³-hybridized carbons (Fsp3) is 0.667. The zero-order valence-electron chi connectivity index (χ0n) is 12.2. The van der Waals surface area contributed by atoms with E-state index in [1.54, 1.807) is 11.3 Å². The van der Waals surface area contributed by atoms with Crippen molar-refractivity contribution in [3.05, 3.63) is 21.4 Å². The predicted octanol–water partition coefficient (Wildman–Crippen LogP) is 3.15. The highest BCUT2D eigenvalue weighted by Gasteiger charge is 2.13. The lowest BCUT2D eigenvalue weighted by Gasteiger charge is -2.15. The molecule has 108 valence electrons. The Labute approximate surface area is 120 Å². The minimum Gasteiger partial charge on any atom is -0.396 e. The Bertz CT molecular complexity index is 395. The molecule has 1 rings (SSSR count). The van der Waals surface area contributed by atoms with Gasteiger partial charge in [0.15, 0.2) is 0 Å². The van der Waals surface area contributed by atoms with Crippen molar-refractivity contribution in [1.82, 2.24) is 5.32 Å². The molecule has 1 aromatic heterocycles. The molecule has 1 heterocycles. The molecule has 2 N–H and O–H groups in total. The molecule has 19 heavy (non-hydrogen) atoms. The van der Waals surface area contributed by atoms with Crippen molar-refractivity contribution in [1.29, 1.82) is 0 Å². The van der Waals surface area contributed by atoms with Crippen molar-refractivity contribution < 1.29 is 9.90 Å². The Hall–Kier alpha value is -0.870. The monoisotopic (exact) mass is 283 g/mol. The highest BCUT2D eigenvalue weighted by Crippen LogP contribution is 2.22. The van der Waals surface area contributed by atoms with Gasteiger partial charge in [0, 0.05) is 18.0 Å². The van der Waals surface area contributed by atoms with Crippen LogP contribution in [0.15, 0.2) is 6.07 Å². The van der Waals surface area contributed by atoms with Crippen LogP contribution in [0.1, 0.15) is 53.2 Å². The van der Waals surface area contributed by atoms with Crippen LogP contribution in [0, 0.1) is 12.8 Å². The van der Waals surface area contributed by atoms with Gasteiger partial charge in [0.25, 0.3) is 5.91 Å². The van der Waals surface area contributed by atoms with Crippen LogP contribution in [0.5, 0.6) is 0 Å². The van der Waals surface area contributed by atoms with Crippen LogP contribution in [-0.4, -0.2) is 24.2 Å². The Morgan fingerprint density at radius 3 is 2.68 bits per heavy atom. The fourth-order valence-corrected chi connectivity index (χ4v) is 3.28. The first-order valence-corrected chi connectivity index (χ1v) is 7.92. The fourth-order valence-electron chi connectivity index (χ4n) is 2.25. The maximum absolute atomic E-state index is 12.1. The van der Waals surface area contributed by atoms with E-state index < -0.39 is 0 Å². The van der Waals surface area contributed by atoms with Gasteiger partial charge in [-0.1, -0.05) is 20.3 Å². The first kappa shape index (κ1) is 16.2. The number of aliphatic hydroxyl groups excluding tert-OH is 1. The topological polar surface area (TPSA) is 49.3 Å². The van der Waals surface area contributed by atoms with Crippen molar-refractivity contribution in [2.75, 3.05) is 13.2 Å². The van der Waals surface area contributed by atoms with Gasteiger partial charge in [-0.05, 0) is 43.7 Å². The molecule has 0 saturated carbocycles. The van der Waals surface area contributed by atoms with E-state index in [4.69, 9.17) is 5.11 Å². The molecule has 0 bridgehead atoms. The van der Waals surface area contributed by atoms with Gasteiger partial charge in [-0.3, -0.25) is 4.79 Å². The van der Waals surface area contributed by atoms with Crippen LogP contribution in [0.25, 0.3) is 0 Å². The number of thiophene rings is 1. The maximum Gasteiger partial charge on any atom is 0.261 e. The highest BCUT2D eigenvalue weighted by atomic mass is 32.1. The molecule has 0 spiro atoms. The van der Waals surface area contributed by atoms with Gasteiger partial charge in [0.05, 0.1) is 4.88 Å². The van der Waals surface area contributed by atoms with Crippen LogP contribution in [-0.2, 0) is 6.42 Å². The minimum atomic E-state index is 0.0202. The summed E-state index contributed by atoms with van der Waals surface area (Å²) < 4.78 is 0. The Morgan fingerprint density at radius 1 is 1.42 bits per heavy atom. The molecule has 0 saturated heterocycles. The molecule has 1 aromatic rings. The molecule has 0 aliphatic rings. The van der Waals surface area contributed by atoms with Crippen LogP contribution >= 0.6 is 11.3 Å². The summed E-state index contributed by atoms with van der Waals surface area (Å²) in [6.45, 7) is 7.15. The number of nitrogens with one attached hydrogen (secondary N) is 1. The number of carbonyl (C=O) groups excluding carboxylic acids is 1. The van der Waals surface area contributed by atoms with Crippen molar-refractivity contribution in [3.8, 4) is 0 Å². The minimum absolute atomic E-state index is 0.0202. The van der Waals surface area contributed by atoms with Gasteiger partial charge < -0.3 is 10.4 Å². The number of aryl methyl sites for hydroxylation is 2.